The van der Waals surface area contributed by atoms with Gasteiger partial charge in [0.15, 0.2) is 0 Å². The van der Waals surface area contributed by atoms with Crippen LogP contribution in [-0.4, -0.2) is 38.6 Å². The van der Waals surface area contributed by atoms with Crippen molar-refractivity contribution in [2.45, 2.75) is 45.1 Å². The predicted octanol–water partition coefficient (Wildman–Crippen LogP) is 1.60. The van der Waals surface area contributed by atoms with E-state index in [0.717, 1.165) is 25.8 Å². The van der Waals surface area contributed by atoms with Crippen LogP contribution >= 0.6 is 0 Å². The molecule has 1 aromatic rings. The SMILES string of the molecule is CCC1CCCCCN1C(=O)c1ncn[nH]1. The van der Waals surface area contributed by atoms with Crippen LogP contribution in [0.25, 0.3) is 0 Å². The summed E-state index contributed by atoms with van der Waals surface area (Å²) < 4.78 is 0. The van der Waals surface area contributed by atoms with Gasteiger partial charge in [-0.2, -0.15) is 5.10 Å². The lowest BCUT2D eigenvalue weighted by Crippen LogP contribution is -2.40. The molecule has 0 saturated carbocycles. The summed E-state index contributed by atoms with van der Waals surface area (Å²) in [5.74, 6) is 0.353. The Hall–Kier alpha value is -1.39. The maximum Gasteiger partial charge on any atom is 0.291 e. The molecule has 1 unspecified atom stereocenters. The van der Waals surface area contributed by atoms with Gasteiger partial charge in [-0.15, -0.1) is 0 Å². The number of aromatic nitrogens is 3. The lowest BCUT2D eigenvalue weighted by molar-refractivity contribution is 0.0666. The van der Waals surface area contributed by atoms with Gasteiger partial charge in [0.2, 0.25) is 5.82 Å². The topological polar surface area (TPSA) is 61.9 Å². The third-order valence-corrected chi connectivity index (χ3v) is 3.23. The maximum atomic E-state index is 12.2. The Labute approximate surface area is 95.2 Å². The van der Waals surface area contributed by atoms with Crippen LogP contribution in [0.3, 0.4) is 0 Å². The van der Waals surface area contributed by atoms with Gasteiger partial charge in [0.1, 0.15) is 6.33 Å². The van der Waals surface area contributed by atoms with E-state index in [9.17, 15) is 4.79 Å². The van der Waals surface area contributed by atoms with Gasteiger partial charge in [0.25, 0.3) is 5.91 Å². The molecule has 5 heteroatoms. The monoisotopic (exact) mass is 222 g/mol. The zero-order chi connectivity index (χ0) is 11.4. The summed E-state index contributed by atoms with van der Waals surface area (Å²) in [6.45, 7) is 2.98. The number of nitrogens with one attached hydrogen (secondary N) is 1. The largest absolute Gasteiger partial charge is 0.333 e. The van der Waals surface area contributed by atoms with Crippen molar-refractivity contribution < 1.29 is 4.79 Å². The minimum absolute atomic E-state index is 0.00810. The molecule has 1 aliphatic rings. The molecular formula is C11H18N4O. The molecule has 0 radical (unpaired) electrons. The summed E-state index contributed by atoms with van der Waals surface area (Å²) in [6, 6.07) is 0.361. The first-order valence-corrected chi connectivity index (χ1v) is 5.99. The van der Waals surface area contributed by atoms with E-state index in [1.165, 1.54) is 19.2 Å². The van der Waals surface area contributed by atoms with Crippen molar-refractivity contribution in [1.29, 1.82) is 0 Å². The summed E-state index contributed by atoms with van der Waals surface area (Å²) in [5, 5.41) is 6.38. The molecule has 16 heavy (non-hydrogen) atoms. The highest BCUT2D eigenvalue weighted by molar-refractivity contribution is 5.90. The number of nitrogens with zero attached hydrogens (tertiary/aromatic N) is 3. The fourth-order valence-corrected chi connectivity index (χ4v) is 2.31. The molecule has 0 spiro atoms. The van der Waals surface area contributed by atoms with E-state index in [1.807, 2.05) is 4.90 Å². The minimum atomic E-state index is -0.00810. The van der Waals surface area contributed by atoms with Crippen LogP contribution in [0.5, 0.6) is 0 Å². The lowest BCUT2D eigenvalue weighted by Gasteiger charge is -2.28. The second-order valence-electron chi connectivity index (χ2n) is 4.24. The average Bonchev–Trinajstić information content (AvgIpc) is 2.73. The van der Waals surface area contributed by atoms with Crippen molar-refractivity contribution in [2.75, 3.05) is 6.54 Å². The summed E-state index contributed by atoms with van der Waals surface area (Å²) in [4.78, 5) is 18.1. The Balaban J connectivity index is 2.13. The Morgan fingerprint density at radius 1 is 1.56 bits per heavy atom. The fourth-order valence-electron chi connectivity index (χ4n) is 2.31. The number of hydrogen-bond donors (Lipinski definition) is 1. The quantitative estimate of drug-likeness (QED) is 0.826. The van der Waals surface area contributed by atoms with Crippen LogP contribution in [0.1, 0.15) is 49.6 Å². The molecule has 0 aromatic carbocycles. The van der Waals surface area contributed by atoms with Crippen LogP contribution < -0.4 is 0 Å². The van der Waals surface area contributed by atoms with E-state index in [-0.39, 0.29) is 5.91 Å². The van der Waals surface area contributed by atoms with Crippen LogP contribution in [0.15, 0.2) is 6.33 Å². The zero-order valence-corrected chi connectivity index (χ0v) is 9.65. The third-order valence-electron chi connectivity index (χ3n) is 3.23. The molecule has 1 fully saturated rings. The molecule has 1 N–H and O–H groups in total. The van der Waals surface area contributed by atoms with Gasteiger partial charge in [0.05, 0.1) is 0 Å². The third kappa shape index (κ3) is 2.23. The van der Waals surface area contributed by atoms with Gasteiger partial charge in [0, 0.05) is 12.6 Å². The van der Waals surface area contributed by atoms with Crippen LogP contribution in [0.2, 0.25) is 0 Å². The first-order valence-electron chi connectivity index (χ1n) is 5.99. The van der Waals surface area contributed by atoms with E-state index in [4.69, 9.17) is 0 Å². The molecule has 88 valence electrons. The van der Waals surface area contributed by atoms with Crippen LogP contribution in [-0.2, 0) is 0 Å². The smallest absolute Gasteiger partial charge is 0.291 e. The highest BCUT2D eigenvalue weighted by Gasteiger charge is 2.26. The van der Waals surface area contributed by atoms with Crippen LogP contribution in [0.4, 0.5) is 0 Å². The van der Waals surface area contributed by atoms with E-state index >= 15 is 0 Å². The van der Waals surface area contributed by atoms with E-state index < -0.39 is 0 Å². The molecule has 1 amide bonds. The van der Waals surface area contributed by atoms with Gasteiger partial charge in [-0.05, 0) is 19.3 Å². The van der Waals surface area contributed by atoms with Gasteiger partial charge in [-0.25, -0.2) is 4.98 Å². The van der Waals surface area contributed by atoms with Crippen molar-refractivity contribution >= 4 is 5.91 Å². The average molecular weight is 222 g/mol. The van der Waals surface area contributed by atoms with Gasteiger partial charge >= 0.3 is 0 Å². The number of carbonyl (C=O) groups is 1. The van der Waals surface area contributed by atoms with Crippen molar-refractivity contribution in [3.05, 3.63) is 12.2 Å². The normalized spacial score (nSPS) is 21.8. The second-order valence-corrected chi connectivity index (χ2v) is 4.24. The molecule has 1 atom stereocenters. The van der Waals surface area contributed by atoms with Crippen molar-refractivity contribution in [3.8, 4) is 0 Å². The zero-order valence-electron chi connectivity index (χ0n) is 9.65. The standard InChI is InChI=1S/C11H18N4O/c1-2-9-6-4-3-5-7-15(9)11(16)10-12-8-13-14-10/h8-9H,2-7H2,1H3,(H,12,13,14). The van der Waals surface area contributed by atoms with Crippen molar-refractivity contribution in [1.82, 2.24) is 20.1 Å². The Bertz CT molecular complexity index is 336. The molecule has 2 rings (SSSR count). The number of rotatable bonds is 2. The molecule has 5 nitrogen and oxygen atoms in total. The summed E-state index contributed by atoms with van der Waals surface area (Å²) >= 11 is 0. The van der Waals surface area contributed by atoms with Crippen molar-refractivity contribution in [3.63, 3.8) is 0 Å². The second kappa shape index (κ2) is 5.09. The number of H-pyrrole nitrogens is 1. The number of aromatic amines is 1. The summed E-state index contributed by atoms with van der Waals surface area (Å²) in [6.07, 6.45) is 7.04. The van der Waals surface area contributed by atoms with E-state index in [0.29, 0.717) is 11.9 Å². The molecule has 2 heterocycles. The fraction of sp³-hybridized carbons (Fsp3) is 0.727. The number of carbonyl (C=O) groups excluding carboxylic acids is 1. The number of likely N-dealkylation sites (tertiary alicyclic amines) is 1. The predicted molar refractivity (Wildman–Crippen MR) is 60.0 cm³/mol. The molecule has 1 saturated heterocycles. The highest BCUT2D eigenvalue weighted by Crippen LogP contribution is 2.20. The lowest BCUT2D eigenvalue weighted by atomic mass is 10.1. The first kappa shape index (κ1) is 11.1. The maximum absolute atomic E-state index is 12.2. The van der Waals surface area contributed by atoms with Crippen molar-refractivity contribution in [2.24, 2.45) is 0 Å². The molecule has 1 aromatic heterocycles. The molecule has 0 aliphatic carbocycles. The number of hydrogen-bond acceptors (Lipinski definition) is 3. The van der Waals surface area contributed by atoms with E-state index in [1.54, 1.807) is 0 Å². The minimum Gasteiger partial charge on any atom is -0.333 e. The van der Waals surface area contributed by atoms with Gasteiger partial charge in [-0.1, -0.05) is 19.8 Å². The molecule has 0 bridgehead atoms. The van der Waals surface area contributed by atoms with Gasteiger partial charge in [-0.3, -0.25) is 9.89 Å². The van der Waals surface area contributed by atoms with Crippen LogP contribution in [0, 0.1) is 0 Å². The molecule has 1 aliphatic heterocycles. The summed E-state index contributed by atoms with van der Waals surface area (Å²) in [7, 11) is 0. The molecular weight excluding hydrogens is 204 g/mol. The summed E-state index contributed by atoms with van der Waals surface area (Å²) in [5.41, 5.74) is 0. The van der Waals surface area contributed by atoms with Gasteiger partial charge < -0.3 is 4.90 Å². The highest BCUT2D eigenvalue weighted by atomic mass is 16.2. The Morgan fingerprint density at radius 2 is 2.44 bits per heavy atom. The Morgan fingerprint density at radius 3 is 3.12 bits per heavy atom. The Kier molecular flexibility index (Phi) is 3.54. The van der Waals surface area contributed by atoms with E-state index in [2.05, 4.69) is 22.1 Å². The first-order chi connectivity index (χ1) is 7.83. The number of amides is 1.